The van der Waals surface area contributed by atoms with Gasteiger partial charge in [0.15, 0.2) is 29.6 Å². The Hall–Kier alpha value is -4.29. The number of carbonyl (C=O) groups excluding carboxylic acids is 2. The summed E-state index contributed by atoms with van der Waals surface area (Å²) in [5.41, 5.74) is 6.05. The highest BCUT2D eigenvalue weighted by Crippen LogP contribution is 2.34. The number of halogens is 2. The van der Waals surface area contributed by atoms with Crippen molar-refractivity contribution in [3.63, 3.8) is 0 Å². The van der Waals surface area contributed by atoms with E-state index in [1.165, 1.54) is 13.3 Å². The molecule has 0 aromatic heterocycles. The maximum absolute atomic E-state index is 12.8. The summed E-state index contributed by atoms with van der Waals surface area (Å²) >= 11 is 8.22. The van der Waals surface area contributed by atoms with Gasteiger partial charge in [-0.25, -0.2) is 5.43 Å². The minimum Gasteiger partial charge on any atom is -0.493 e. The van der Waals surface area contributed by atoms with Crippen LogP contribution in [0.5, 0.6) is 23.0 Å². The molecule has 228 valence electrons. The maximum atomic E-state index is 12.8. The molecule has 0 aliphatic carbocycles. The molecule has 0 heterocycles. The molecule has 0 saturated carbocycles. The van der Waals surface area contributed by atoms with Crippen molar-refractivity contribution in [2.45, 2.75) is 20.5 Å². The maximum Gasteiger partial charge on any atom is 0.271 e. The van der Waals surface area contributed by atoms with Crippen molar-refractivity contribution in [1.82, 2.24) is 5.43 Å². The molecule has 4 aromatic carbocycles. The van der Waals surface area contributed by atoms with E-state index in [0.29, 0.717) is 61.6 Å². The fourth-order valence-electron chi connectivity index (χ4n) is 3.96. The Labute approximate surface area is 274 Å². The van der Waals surface area contributed by atoms with E-state index >= 15 is 0 Å². The number of hydrogen-bond donors (Lipinski definition) is 2. The number of ether oxygens (including phenoxy) is 4. The van der Waals surface area contributed by atoms with E-state index in [1.54, 1.807) is 42.5 Å². The summed E-state index contributed by atoms with van der Waals surface area (Å²) in [5, 5.41) is 7.42. The molecule has 0 spiro atoms. The Morgan fingerprint density at radius 3 is 2.45 bits per heavy atom. The largest absolute Gasteiger partial charge is 0.493 e. The second-order valence-corrected chi connectivity index (χ2v) is 11.0. The highest BCUT2D eigenvalue weighted by Gasteiger charge is 2.15. The first kappa shape index (κ1) is 32.6. The highest BCUT2D eigenvalue weighted by molar-refractivity contribution is 14.1. The van der Waals surface area contributed by atoms with E-state index in [2.05, 4.69) is 38.4 Å². The molecule has 9 nitrogen and oxygen atoms in total. The van der Waals surface area contributed by atoms with Crippen LogP contribution in [-0.4, -0.2) is 38.4 Å². The molecule has 2 N–H and O–H groups in total. The molecule has 0 unspecified atom stereocenters. The standard InChI is InChI=1S/C33H31ClIN3O6/c1-4-42-29-16-24(11-13-28(29)43-19-22-8-6-5-7-9-22)33(40)38-36-18-23-14-27(35)32(30(15-23)41-3)44-20-31(39)37-25-12-10-21(2)26(34)17-25/h5-18H,4,19-20H2,1-3H3,(H,37,39)(H,38,40)/b36-18+. The number of hydrazone groups is 1. The van der Waals surface area contributed by atoms with Gasteiger partial charge in [-0.3, -0.25) is 9.59 Å². The number of aryl methyl sites for hydroxylation is 1. The zero-order valence-corrected chi connectivity index (χ0v) is 27.3. The third-order valence-corrected chi connectivity index (χ3v) is 7.39. The van der Waals surface area contributed by atoms with Crippen molar-refractivity contribution >= 4 is 57.9 Å². The quantitative estimate of drug-likeness (QED) is 0.0872. The predicted molar refractivity (Wildman–Crippen MR) is 179 cm³/mol. The van der Waals surface area contributed by atoms with Crippen molar-refractivity contribution in [1.29, 1.82) is 0 Å². The number of methoxy groups -OCH3 is 1. The Morgan fingerprint density at radius 2 is 1.73 bits per heavy atom. The van der Waals surface area contributed by atoms with Crippen molar-refractivity contribution in [2.75, 3.05) is 25.6 Å². The first-order valence-corrected chi connectivity index (χ1v) is 15.1. The number of benzene rings is 4. The molecule has 0 bridgehead atoms. The number of hydrogen-bond acceptors (Lipinski definition) is 7. The van der Waals surface area contributed by atoms with Gasteiger partial charge in [-0.1, -0.05) is 48.0 Å². The Bertz CT molecular complexity index is 1650. The summed E-state index contributed by atoms with van der Waals surface area (Å²) in [7, 11) is 1.50. The lowest BCUT2D eigenvalue weighted by molar-refractivity contribution is -0.118. The Kier molecular flexibility index (Phi) is 11.8. The molecule has 4 aromatic rings. The van der Waals surface area contributed by atoms with Crippen LogP contribution < -0.4 is 29.7 Å². The SMILES string of the molecule is CCOc1cc(C(=O)N/N=C/c2cc(I)c(OCC(=O)Nc3ccc(C)c(Cl)c3)c(OC)c2)ccc1OCc1ccccc1. The monoisotopic (exact) mass is 727 g/mol. The summed E-state index contributed by atoms with van der Waals surface area (Å²) in [6.07, 6.45) is 1.49. The smallest absolute Gasteiger partial charge is 0.271 e. The third-order valence-electron chi connectivity index (χ3n) is 6.18. The Balaban J connectivity index is 1.36. The van der Waals surface area contributed by atoms with Crippen LogP contribution in [0.15, 0.2) is 84.0 Å². The van der Waals surface area contributed by atoms with Crippen LogP contribution in [0, 0.1) is 10.5 Å². The zero-order chi connectivity index (χ0) is 31.5. The van der Waals surface area contributed by atoms with Gasteiger partial charge in [0, 0.05) is 16.3 Å². The topological polar surface area (TPSA) is 107 Å². The van der Waals surface area contributed by atoms with Gasteiger partial charge in [-0.05, 0) is 95.6 Å². The second kappa shape index (κ2) is 16.0. The summed E-state index contributed by atoms with van der Waals surface area (Å²) in [4.78, 5) is 25.3. The number of rotatable bonds is 13. The number of carbonyl (C=O) groups is 2. The van der Waals surface area contributed by atoms with Gasteiger partial charge in [0.25, 0.3) is 11.8 Å². The normalized spacial score (nSPS) is 10.8. The van der Waals surface area contributed by atoms with Crippen LogP contribution >= 0.6 is 34.2 Å². The van der Waals surface area contributed by atoms with E-state index in [-0.39, 0.29) is 12.5 Å². The highest BCUT2D eigenvalue weighted by atomic mass is 127. The molecule has 11 heteroatoms. The second-order valence-electron chi connectivity index (χ2n) is 9.40. The van der Waals surface area contributed by atoms with Crippen LogP contribution in [-0.2, 0) is 11.4 Å². The summed E-state index contributed by atoms with van der Waals surface area (Å²) in [6, 6.07) is 23.5. The average molecular weight is 728 g/mol. The first-order chi connectivity index (χ1) is 21.3. The molecule has 2 amide bonds. The van der Waals surface area contributed by atoms with Gasteiger partial charge in [-0.2, -0.15) is 5.10 Å². The van der Waals surface area contributed by atoms with Crippen molar-refractivity contribution in [2.24, 2.45) is 5.10 Å². The molecule has 0 fully saturated rings. The molecule has 0 saturated heterocycles. The zero-order valence-electron chi connectivity index (χ0n) is 24.4. The van der Waals surface area contributed by atoms with E-state index in [4.69, 9.17) is 30.5 Å². The molecular formula is C33H31ClIN3O6. The van der Waals surface area contributed by atoms with Crippen LogP contribution in [0.2, 0.25) is 5.02 Å². The van der Waals surface area contributed by atoms with Gasteiger partial charge in [-0.15, -0.1) is 0 Å². The molecule has 0 aliphatic rings. The van der Waals surface area contributed by atoms with Gasteiger partial charge >= 0.3 is 0 Å². The van der Waals surface area contributed by atoms with Crippen LogP contribution in [0.25, 0.3) is 0 Å². The first-order valence-electron chi connectivity index (χ1n) is 13.6. The molecule has 44 heavy (non-hydrogen) atoms. The number of amides is 2. The average Bonchev–Trinajstić information content (AvgIpc) is 3.02. The lowest BCUT2D eigenvalue weighted by Crippen LogP contribution is -2.20. The lowest BCUT2D eigenvalue weighted by Gasteiger charge is -2.14. The fourth-order valence-corrected chi connectivity index (χ4v) is 4.92. The third kappa shape index (κ3) is 9.10. The molecule has 0 radical (unpaired) electrons. The van der Waals surface area contributed by atoms with E-state index < -0.39 is 5.91 Å². The van der Waals surface area contributed by atoms with Gasteiger partial charge in [0.05, 0.1) is 23.5 Å². The van der Waals surface area contributed by atoms with Gasteiger partial charge in [0.1, 0.15) is 6.61 Å². The van der Waals surface area contributed by atoms with Crippen molar-refractivity contribution in [3.05, 3.63) is 110 Å². The van der Waals surface area contributed by atoms with E-state index in [9.17, 15) is 9.59 Å². The van der Waals surface area contributed by atoms with Crippen LogP contribution in [0.4, 0.5) is 5.69 Å². The molecule has 0 atom stereocenters. The molecular weight excluding hydrogens is 697 g/mol. The molecule has 0 aliphatic heterocycles. The lowest BCUT2D eigenvalue weighted by atomic mass is 10.2. The molecule has 4 rings (SSSR count). The summed E-state index contributed by atoms with van der Waals surface area (Å²) in [5.74, 6) is 1.05. The van der Waals surface area contributed by atoms with E-state index in [0.717, 1.165) is 11.1 Å². The number of nitrogens with one attached hydrogen (secondary N) is 2. The number of nitrogens with zero attached hydrogens (tertiary/aromatic N) is 1. The minimum absolute atomic E-state index is 0.235. The predicted octanol–water partition coefficient (Wildman–Crippen LogP) is 7.02. The van der Waals surface area contributed by atoms with Gasteiger partial charge < -0.3 is 24.3 Å². The van der Waals surface area contributed by atoms with E-state index in [1.807, 2.05) is 50.2 Å². The van der Waals surface area contributed by atoms with Gasteiger partial charge in [0.2, 0.25) is 0 Å². The Morgan fingerprint density at radius 1 is 0.932 bits per heavy atom. The van der Waals surface area contributed by atoms with Crippen molar-refractivity contribution < 1.29 is 28.5 Å². The minimum atomic E-state index is -0.417. The summed E-state index contributed by atoms with van der Waals surface area (Å²) < 4.78 is 23.6. The fraction of sp³-hybridized carbons (Fsp3) is 0.182. The van der Waals surface area contributed by atoms with Crippen LogP contribution in [0.1, 0.15) is 34.0 Å². The number of anilines is 1. The summed E-state index contributed by atoms with van der Waals surface area (Å²) in [6.45, 7) is 4.30. The van der Waals surface area contributed by atoms with Crippen molar-refractivity contribution in [3.8, 4) is 23.0 Å². The van der Waals surface area contributed by atoms with Crippen LogP contribution in [0.3, 0.4) is 0 Å².